The number of fused-ring (bicyclic) bond motifs is 1. The quantitative estimate of drug-likeness (QED) is 0.475. The molecule has 2 amide bonds. The number of nitrogens with zero attached hydrogens (tertiary/aromatic N) is 1. The van der Waals surface area contributed by atoms with Gasteiger partial charge in [0.1, 0.15) is 0 Å². The van der Waals surface area contributed by atoms with Gasteiger partial charge in [0, 0.05) is 0 Å². The maximum atomic E-state index is 13.5. The summed E-state index contributed by atoms with van der Waals surface area (Å²) in [4.78, 5) is 40.4. The lowest BCUT2D eigenvalue weighted by atomic mass is 9.87. The molecule has 3 rings (SSSR count). The molecule has 5 nitrogen and oxygen atoms in total. The molecule has 158 valence electrons. The minimum Gasteiger partial charge on any atom is -0.465 e. The van der Waals surface area contributed by atoms with Crippen molar-refractivity contribution in [3.63, 3.8) is 0 Å². The van der Waals surface area contributed by atoms with Crippen LogP contribution >= 0.6 is 0 Å². The highest BCUT2D eigenvalue weighted by molar-refractivity contribution is 6.36. The number of ether oxygens (including phenoxy) is 1. The van der Waals surface area contributed by atoms with E-state index in [1.165, 1.54) is 23.6 Å². The Hall–Kier alpha value is -2.95. The van der Waals surface area contributed by atoms with E-state index in [9.17, 15) is 14.4 Å². The Morgan fingerprint density at radius 1 is 0.867 bits per heavy atom. The second kappa shape index (κ2) is 8.05. The average molecular weight is 408 g/mol. The molecule has 0 N–H and O–H groups in total. The van der Waals surface area contributed by atoms with Gasteiger partial charge in [0.25, 0.3) is 11.8 Å². The zero-order valence-electron chi connectivity index (χ0n) is 18.7. The monoisotopic (exact) mass is 407 g/mol. The number of carbonyl (C=O) groups is 3. The highest BCUT2D eigenvalue weighted by Gasteiger charge is 2.42. The van der Waals surface area contributed by atoms with Crippen LogP contribution in [0, 0.1) is 0 Å². The molecule has 1 aliphatic rings. The first kappa shape index (κ1) is 21.8. The van der Waals surface area contributed by atoms with Crippen molar-refractivity contribution in [1.29, 1.82) is 0 Å². The van der Waals surface area contributed by atoms with Crippen molar-refractivity contribution in [2.75, 3.05) is 12.0 Å². The SMILES string of the molecule is COC(=O)c1cccc2c1C(=O)N(c1c(C(C)C)cc(C(C)C)cc1C(C)C)C2=O. The van der Waals surface area contributed by atoms with Gasteiger partial charge in [-0.05, 0) is 46.6 Å². The molecule has 0 aliphatic carbocycles. The largest absolute Gasteiger partial charge is 0.465 e. The van der Waals surface area contributed by atoms with E-state index >= 15 is 0 Å². The summed E-state index contributed by atoms with van der Waals surface area (Å²) >= 11 is 0. The molecule has 2 aromatic rings. The number of hydrogen-bond acceptors (Lipinski definition) is 4. The highest BCUT2D eigenvalue weighted by atomic mass is 16.5. The van der Waals surface area contributed by atoms with E-state index in [0.717, 1.165) is 11.1 Å². The summed E-state index contributed by atoms with van der Waals surface area (Å²) in [5, 5.41) is 0. The topological polar surface area (TPSA) is 63.7 Å². The van der Waals surface area contributed by atoms with Crippen molar-refractivity contribution < 1.29 is 19.1 Å². The van der Waals surface area contributed by atoms with E-state index < -0.39 is 17.8 Å². The fourth-order valence-electron chi connectivity index (χ4n) is 3.94. The van der Waals surface area contributed by atoms with E-state index in [1.807, 2.05) is 0 Å². The van der Waals surface area contributed by atoms with E-state index in [1.54, 1.807) is 12.1 Å². The Bertz CT molecular complexity index is 1000. The van der Waals surface area contributed by atoms with Gasteiger partial charge in [-0.3, -0.25) is 9.59 Å². The molecule has 0 radical (unpaired) electrons. The standard InChI is InChI=1S/C25H29NO4/c1-13(2)16-11-19(14(3)4)22(20(12-16)15(5)6)26-23(27)17-9-8-10-18(25(29)30-7)21(17)24(26)28/h8-15H,1-7H3. The molecule has 0 aromatic heterocycles. The van der Waals surface area contributed by atoms with Crippen LogP contribution in [0.5, 0.6) is 0 Å². The van der Waals surface area contributed by atoms with Crippen LogP contribution in [0.3, 0.4) is 0 Å². The van der Waals surface area contributed by atoms with Gasteiger partial charge in [-0.1, -0.05) is 59.7 Å². The molecule has 0 saturated carbocycles. The third kappa shape index (κ3) is 3.42. The molecule has 0 atom stereocenters. The molecule has 0 bridgehead atoms. The summed E-state index contributed by atoms with van der Waals surface area (Å²) in [6, 6.07) is 8.92. The summed E-state index contributed by atoms with van der Waals surface area (Å²) in [5.74, 6) is -0.958. The Morgan fingerprint density at radius 3 is 1.90 bits per heavy atom. The lowest BCUT2D eigenvalue weighted by Gasteiger charge is -2.27. The van der Waals surface area contributed by atoms with E-state index in [0.29, 0.717) is 11.6 Å². The maximum absolute atomic E-state index is 13.5. The fraction of sp³-hybridized carbons (Fsp3) is 0.400. The van der Waals surface area contributed by atoms with Crippen molar-refractivity contribution in [2.45, 2.75) is 59.3 Å². The van der Waals surface area contributed by atoms with Gasteiger partial charge < -0.3 is 4.74 Å². The lowest BCUT2D eigenvalue weighted by Crippen LogP contribution is -2.32. The van der Waals surface area contributed by atoms with Gasteiger partial charge >= 0.3 is 5.97 Å². The molecular formula is C25H29NO4. The molecular weight excluding hydrogens is 378 g/mol. The number of amides is 2. The molecule has 1 aliphatic heterocycles. The van der Waals surface area contributed by atoms with E-state index in [-0.39, 0.29) is 28.5 Å². The number of anilines is 1. The summed E-state index contributed by atoms with van der Waals surface area (Å²) < 4.78 is 4.83. The predicted octanol–water partition coefficient (Wildman–Crippen LogP) is 5.64. The minimum absolute atomic E-state index is 0.112. The van der Waals surface area contributed by atoms with Gasteiger partial charge in [0.2, 0.25) is 0 Å². The van der Waals surface area contributed by atoms with Crippen molar-refractivity contribution >= 4 is 23.5 Å². The van der Waals surface area contributed by atoms with Gasteiger partial charge in [-0.25, -0.2) is 9.69 Å². The Labute approximate surface area is 178 Å². The number of imide groups is 1. The second-order valence-corrected chi connectivity index (χ2v) is 8.68. The minimum atomic E-state index is -0.627. The summed E-state index contributed by atoms with van der Waals surface area (Å²) in [7, 11) is 1.26. The van der Waals surface area contributed by atoms with Crippen LogP contribution in [0.2, 0.25) is 0 Å². The van der Waals surface area contributed by atoms with Gasteiger partial charge in [-0.15, -0.1) is 0 Å². The average Bonchev–Trinajstić information content (AvgIpc) is 2.96. The molecule has 0 saturated heterocycles. The number of esters is 1. The first-order valence-corrected chi connectivity index (χ1v) is 10.4. The Kier molecular flexibility index (Phi) is 5.84. The molecule has 30 heavy (non-hydrogen) atoms. The van der Waals surface area contributed by atoms with Gasteiger partial charge in [0.05, 0.1) is 29.5 Å². The highest BCUT2D eigenvalue weighted by Crippen LogP contribution is 2.42. The van der Waals surface area contributed by atoms with Crippen LogP contribution in [-0.2, 0) is 4.74 Å². The summed E-state index contributed by atoms with van der Waals surface area (Å²) in [5.41, 5.74) is 4.21. The zero-order valence-corrected chi connectivity index (χ0v) is 18.7. The van der Waals surface area contributed by atoms with Crippen LogP contribution in [0.15, 0.2) is 30.3 Å². The van der Waals surface area contributed by atoms with Crippen LogP contribution in [0.4, 0.5) is 5.69 Å². The number of carbonyl (C=O) groups excluding carboxylic acids is 3. The van der Waals surface area contributed by atoms with Crippen molar-refractivity contribution in [3.8, 4) is 0 Å². The van der Waals surface area contributed by atoms with Crippen molar-refractivity contribution in [1.82, 2.24) is 0 Å². The molecule has 0 fully saturated rings. The van der Waals surface area contributed by atoms with E-state index in [2.05, 4.69) is 53.7 Å². The van der Waals surface area contributed by atoms with Crippen LogP contribution in [0.25, 0.3) is 0 Å². The molecule has 5 heteroatoms. The Balaban J connectivity index is 2.29. The van der Waals surface area contributed by atoms with Crippen LogP contribution < -0.4 is 4.90 Å². The lowest BCUT2D eigenvalue weighted by molar-refractivity contribution is 0.0597. The first-order valence-electron chi connectivity index (χ1n) is 10.4. The van der Waals surface area contributed by atoms with Crippen molar-refractivity contribution in [2.24, 2.45) is 0 Å². The molecule has 2 aromatic carbocycles. The number of benzene rings is 2. The summed E-state index contributed by atoms with van der Waals surface area (Å²) in [6.07, 6.45) is 0. The third-order valence-electron chi connectivity index (χ3n) is 5.65. The predicted molar refractivity (Wildman–Crippen MR) is 118 cm³/mol. The number of hydrogen-bond donors (Lipinski definition) is 0. The van der Waals surface area contributed by atoms with Crippen molar-refractivity contribution in [3.05, 3.63) is 63.7 Å². The zero-order chi connectivity index (χ0) is 22.3. The van der Waals surface area contributed by atoms with Crippen LogP contribution in [0.1, 0.15) is 107 Å². The van der Waals surface area contributed by atoms with Crippen LogP contribution in [-0.4, -0.2) is 24.9 Å². The Morgan fingerprint density at radius 2 is 1.43 bits per heavy atom. The normalized spacial score (nSPS) is 13.6. The smallest absolute Gasteiger partial charge is 0.338 e. The first-order chi connectivity index (χ1) is 14.1. The number of rotatable bonds is 5. The molecule has 1 heterocycles. The summed E-state index contributed by atoms with van der Waals surface area (Å²) in [6.45, 7) is 12.5. The third-order valence-corrected chi connectivity index (χ3v) is 5.65. The second-order valence-electron chi connectivity index (χ2n) is 8.68. The number of methoxy groups -OCH3 is 1. The molecule has 0 unspecified atom stereocenters. The van der Waals surface area contributed by atoms with Gasteiger partial charge in [0.15, 0.2) is 0 Å². The maximum Gasteiger partial charge on any atom is 0.338 e. The van der Waals surface area contributed by atoms with E-state index in [4.69, 9.17) is 4.74 Å². The van der Waals surface area contributed by atoms with Gasteiger partial charge in [-0.2, -0.15) is 0 Å². The fourth-order valence-corrected chi connectivity index (χ4v) is 3.94. The molecule has 0 spiro atoms.